The van der Waals surface area contributed by atoms with Gasteiger partial charge in [-0.05, 0) is 6.08 Å². The third-order valence-corrected chi connectivity index (χ3v) is 1.43. The molecule has 0 aliphatic rings. The third kappa shape index (κ3) is 1.47. The smallest absolute Gasteiger partial charge is 0.152 e. The molecule has 12 heavy (non-hydrogen) atoms. The Kier molecular flexibility index (Phi) is 2.53. The van der Waals surface area contributed by atoms with Crippen LogP contribution in [0.15, 0.2) is 12.8 Å². The third-order valence-electron chi connectivity index (χ3n) is 1.43. The zero-order valence-electron chi connectivity index (χ0n) is 6.83. The largest absolute Gasteiger partial charge is 0.385 e. The van der Waals surface area contributed by atoms with Crippen molar-refractivity contribution in [2.45, 2.75) is 0 Å². The molecule has 1 rings (SSSR count). The molecule has 62 valence electrons. The first-order chi connectivity index (χ1) is 5.81. The Balaban J connectivity index is 3.18. The minimum Gasteiger partial charge on any atom is -0.385 e. The van der Waals surface area contributed by atoms with E-state index in [4.69, 9.17) is 5.41 Å². The molecule has 0 aromatic carbocycles. The van der Waals surface area contributed by atoms with Crippen LogP contribution in [0.1, 0.15) is 11.5 Å². The van der Waals surface area contributed by atoms with Crippen LogP contribution in [0.25, 0.3) is 6.08 Å². The first kappa shape index (κ1) is 8.39. The van der Waals surface area contributed by atoms with Crippen molar-refractivity contribution in [3.8, 4) is 0 Å². The molecule has 1 aromatic heterocycles. The van der Waals surface area contributed by atoms with Crippen LogP contribution < -0.4 is 5.32 Å². The molecule has 1 heterocycles. The lowest BCUT2D eigenvalue weighted by Crippen LogP contribution is -2.00. The zero-order chi connectivity index (χ0) is 8.97. The Bertz CT molecular complexity index is 306. The molecular formula is C8H10N4. The molecule has 0 saturated carbocycles. The van der Waals surface area contributed by atoms with E-state index in [9.17, 15) is 0 Å². The molecule has 0 fully saturated rings. The van der Waals surface area contributed by atoms with Gasteiger partial charge < -0.3 is 10.7 Å². The Morgan fingerprint density at radius 1 is 1.67 bits per heavy atom. The highest BCUT2D eigenvalue weighted by Crippen LogP contribution is 2.08. The van der Waals surface area contributed by atoms with Crippen molar-refractivity contribution in [1.29, 1.82) is 5.41 Å². The monoisotopic (exact) mass is 162 g/mol. The molecule has 4 nitrogen and oxygen atoms in total. The van der Waals surface area contributed by atoms with Crippen molar-refractivity contribution in [2.24, 2.45) is 0 Å². The van der Waals surface area contributed by atoms with Gasteiger partial charge >= 0.3 is 0 Å². The van der Waals surface area contributed by atoms with Crippen LogP contribution in [0.3, 0.4) is 0 Å². The molecule has 0 atom stereocenters. The van der Waals surface area contributed by atoms with Gasteiger partial charge in [0.15, 0.2) is 5.82 Å². The second kappa shape index (κ2) is 3.61. The van der Waals surface area contributed by atoms with Crippen molar-refractivity contribution >= 4 is 18.0 Å². The fraction of sp³-hybridized carbons (Fsp3) is 0.125. The second-order valence-corrected chi connectivity index (χ2v) is 2.13. The first-order valence-electron chi connectivity index (χ1n) is 3.49. The molecule has 0 spiro atoms. The van der Waals surface area contributed by atoms with Crippen molar-refractivity contribution in [3.63, 3.8) is 0 Å². The van der Waals surface area contributed by atoms with Crippen molar-refractivity contribution in [2.75, 3.05) is 12.4 Å². The van der Waals surface area contributed by atoms with Gasteiger partial charge in [-0.3, -0.25) is 0 Å². The Morgan fingerprint density at radius 3 is 2.92 bits per heavy atom. The van der Waals surface area contributed by atoms with Crippen LogP contribution >= 0.6 is 0 Å². The summed E-state index contributed by atoms with van der Waals surface area (Å²) in [7, 11) is 1.76. The average molecular weight is 162 g/mol. The summed E-state index contributed by atoms with van der Waals surface area (Å²) >= 11 is 0. The molecule has 2 N–H and O–H groups in total. The van der Waals surface area contributed by atoms with E-state index >= 15 is 0 Å². The molecule has 0 aliphatic carbocycles. The number of nitrogens with zero attached hydrogens (tertiary/aromatic N) is 2. The van der Waals surface area contributed by atoms with Gasteiger partial charge in [-0.1, -0.05) is 6.58 Å². The van der Waals surface area contributed by atoms with Gasteiger partial charge in [-0.2, -0.15) is 0 Å². The quantitative estimate of drug-likeness (QED) is 0.655. The maximum Gasteiger partial charge on any atom is 0.152 e. The predicted molar refractivity (Wildman–Crippen MR) is 49.6 cm³/mol. The van der Waals surface area contributed by atoms with E-state index in [1.165, 1.54) is 6.21 Å². The van der Waals surface area contributed by atoms with E-state index in [2.05, 4.69) is 21.9 Å². The van der Waals surface area contributed by atoms with E-state index in [0.717, 1.165) is 5.69 Å². The summed E-state index contributed by atoms with van der Waals surface area (Å²) in [6, 6.07) is 0. The lowest BCUT2D eigenvalue weighted by molar-refractivity contribution is 1.12. The van der Waals surface area contributed by atoms with Crippen LogP contribution in [0, 0.1) is 5.41 Å². The minimum absolute atomic E-state index is 0.535. The highest BCUT2D eigenvalue weighted by molar-refractivity contribution is 5.82. The van der Waals surface area contributed by atoms with Gasteiger partial charge in [0.2, 0.25) is 0 Å². The van der Waals surface area contributed by atoms with Gasteiger partial charge in [-0.25, -0.2) is 9.97 Å². The van der Waals surface area contributed by atoms with E-state index in [1.807, 2.05) is 0 Å². The summed E-state index contributed by atoms with van der Waals surface area (Å²) in [6.07, 6.45) is 4.36. The lowest BCUT2D eigenvalue weighted by Gasteiger charge is -2.02. The number of aromatic nitrogens is 2. The number of anilines is 1. The molecular weight excluding hydrogens is 152 g/mol. The molecule has 0 radical (unpaired) electrons. The molecule has 0 saturated heterocycles. The summed E-state index contributed by atoms with van der Waals surface area (Å²) < 4.78 is 0. The van der Waals surface area contributed by atoms with Gasteiger partial charge in [0.05, 0.1) is 11.9 Å². The number of nitrogens with one attached hydrogen (secondary N) is 2. The molecule has 4 heteroatoms. The highest BCUT2D eigenvalue weighted by Gasteiger charge is 1.99. The molecule has 0 unspecified atom stereocenters. The van der Waals surface area contributed by atoms with Crippen LogP contribution in [-0.4, -0.2) is 23.2 Å². The summed E-state index contributed by atoms with van der Waals surface area (Å²) in [4.78, 5) is 8.03. The van der Waals surface area contributed by atoms with Crippen LogP contribution in [0.2, 0.25) is 0 Å². The number of hydrogen-bond donors (Lipinski definition) is 2. The predicted octanol–water partition coefficient (Wildman–Crippen LogP) is 1.16. The van der Waals surface area contributed by atoms with Crippen LogP contribution in [0.5, 0.6) is 0 Å². The molecule has 0 amide bonds. The maximum absolute atomic E-state index is 7.07. The topological polar surface area (TPSA) is 61.7 Å². The fourth-order valence-corrected chi connectivity index (χ4v) is 0.810. The van der Waals surface area contributed by atoms with Crippen molar-refractivity contribution in [1.82, 2.24) is 9.97 Å². The summed E-state index contributed by atoms with van der Waals surface area (Å²) in [5.41, 5.74) is 1.32. The molecule has 0 aliphatic heterocycles. The minimum atomic E-state index is 0.535. The zero-order valence-corrected chi connectivity index (χ0v) is 6.83. The Morgan fingerprint density at radius 2 is 2.42 bits per heavy atom. The molecule has 1 aromatic rings. The summed E-state index contributed by atoms with van der Waals surface area (Å²) in [5, 5.41) is 9.96. The van der Waals surface area contributed by atoms with Crippen molar-refractivity contribution in [3.05, 3.63) is 24.3 Å². The SMILES string of the molecule is C=Cc1ncc(NC)c(C=N)n1. The average Bonchev–Trinajstić information content (AvgIpc) is 2.16. The van der Waals surface area contributed by atoms with Gasteiger partial charge in [0.1, 0.15) is 5.69 Å². The lowest BCUT2D eigenvalue weighted by atomic mass is 10.3. The molecule has 0 bridgehead atoms. The second-order valence-electron chi connectivity index (χ2n) is 2.13. The number of rotatable bonds is 3. The summed E-state index contributed by atoms with van der Waals surface area (Å²) in [6.45, 7) is 3.54. The van der Waals surface area contributed by atoms with Gasteiger partial charge in [0, 0.05) is 13.3 Å². The van der Waals surface area contributed by atoms with Gasteiger partial charge in [0.25, 0.3) is 0 Å². The van der Waals surface area contributed by atoms with E-state index < -0.39 is 0 Å². The van der Waals surface area contributed by atoms with Gasteiger partial charge in [-0.15, -0.1) is 0 Å². The number of hydrogen-bond acceptors (Lipinski definition) is 4. The summed E-state index contributed by atoms with van der Waals surface area (Å²) in [5.74, 6) is 0.535. The van der Waals surface area contributed by atoms with Crippen molar-refractivity contribution < 1.29 is 0 Å². The first-order valence-corrected chi connectivity index (χ1v) is 3.49. The fourth-order valence-electron chi connectivity index (χ4n) is 0.810. The highest BCUT2D eigenvalue weighted by atomic mass is 14.9. The normalized spacial score (nSPS) is 9.08. The van der Waals surface area contributed by atoms with E-state index in [0.29, 0.717) is 11.5 Å². The Labute approximate surface area is 70.9 Å². The Hall–Kier alpha value is -1.71. The van der Waals surface area contributed by atoms with Crippen LogP contribution in [0.4, 0.5) is 5.69 Å². The maximum atomic E-state index is 7.07. The van der Waals surface area contributed by atoms with E-state index in [-0.39, 0.29) is 0 Å². The van der Waals surface area contributed by atoms with E-state index in [1.54, 1.807) is 19.3 Å². The van der Waals surface area contributed by atoms with Crippen LogP contribution in [-0.2, 0) is 0 Å². The standard InChI is InChI=1S/C8H10N4/c1-3-8-11-5-7(10-2)6(4-9)12-8/h3-5,9-10H,1H2,2H3.